The van der Waals surface area contributed by atoms with Gasteiger partial charge in [-0.25, -0.2) is 9.13 Å². The molecule has 212 valence electrons. The fourth-order valence-corrected chi connectivity index (χ4v) is 5.83. The topological polar surface area (TPSA) is 8.81 Å². The van der Waals surface area contributed by atoms with E-state index in [0.717, 1.165) is 0 Å². The van der Waals surface area contributed by atoms with Gasteiger partial charge in [0.1, 0.15) is 12.4 Å². The zero-order chi connectivity index (χ0) is 26.3. The van der Waals surface area contributed by atoms with E-state index in [2.05, 4.69) is 56.1 Å². The normalized spacial score (nSPS) is 12.6. The molecule has 36 heavy (non-hydrogen) atoms. The predicted octanol–water partition coefficient (Wildman–Crippen LogP) is 11.5. The first-order chi connectivity index (χ1) is 17.6. The van der Waals surface area contributed by atoms with Crippen LogP contribution in [0.25, 0.3) is 0 Å². The van der Waals surface area contributed by atoms with E-state index in [1.54, 1.807) is 0 Å². The summed E-state index contributed by atoms with van der Waals surface area (Å²) in [6.07, 6.45) is 37.4. The van der Waals surface area contributed by atoms with Crippen LogP contribution in [0.2, 0.25) is 0 Å². The summed E-state index contributed by atoms with van der Waals surface area (Å²) in [6.45, 7) is 13.0. The van der Waals surface area contributed by atoms with Crippen molar-refractivity contribution in [1.29, 1.82) is 0 Å². The van der Waals surface area contributed by atoms with Crippen LogP contribution in [0, 0.1) is 0 Å². The minimum atomic E-state index is 0.590. The number of nitrogens with zero attached hydrogens (tertiary/aromatic N) is 2. The van der Waals surface area contributed by atoms with Gasteiger partial charge in [-0.1, -0.05) is 150 Å². The quantitative estimate of drug-likeness (QED) is 0.0877. The summed E-state index contributed by atoms with van der Waals surface area (Å²) in [5.74, 6) is 2.13. The lowest BCUT2D eigenvalue weighted by molar-refractivity contribution is -0.705. The molecule has 0 radical (unpaired) electrons. The SMILES string of the molecule is CCCCCCCCCCCCCCCC(C)n1cc[n+](CCCCCCCCCCC)c1C(C)C. The van der Waals surface area contributed by atoms with Gasteiger partial charge in [-0.05, 0) is 32.6 Å². The van der Waals surface area contributed by atoms with Crippen molar-refractivity contribution in [3.05, 3.63) is 18.2 Å². The van der Waals surface area contributed by atoms with E-state index >= 15 is 0 Å². The molecular weight excluding hydrogens is 436 g/mol. The Hall–Kier alpha value is -0.790. The van der Waals surface area contributed by atoms with Gasteiger partial charge >= 0.3 is 0 Å². The van der Waals surface area contributed by atoms with E-state index in [0.29, 0.717) is 12.0 Å². The van der Waals surface area contributed by atoms with Gasteiger partial charge in [-0.2, -0.15) is 0 Å². The van der Waals surface area contributed by atoms with Gasteiger partial charge in [-0.3, -0.25) is 0 Å². The molecule has 0 bridgehead atoms. The van der Waals surface area contributed by atoms with Gasteiger partial charge in [-0.15, -0.1) is 0 Å². The highest BCUT2D eigenvalue weighted by atomic mass is 15.2. The summed E-state index contributed by atoms with van der Waals surface area (Å²) in [5.41, 5.74) is 0. The third-order valence-electron chi connectivity index (χ3n) is 8.19. The molecule has 0 fully saturated rings. The highest BCUT2D eigenvalue weighted by Gasteiger charge is 2.23. The third kappa shape index (κ3) is 16.1. The maximum atomic E-state index is 2.60. The van der Waals surface area contributed by atoms with Gasteiger partial charge in [0.15, 0.2) is 0 Å². The molecule has 1 aromatic heterocycles. The highest BCUT2D eigenvalue weighted by Crippen LogP contribution is 2.22. The van der Waals surface area contributed by atoms with Crippen LogP contribution in [0.15, 0.2) is 12.4 Å². The van der Waals surface area contributed by atoms with Crippen molar-refractivity contribution in [1.82, 2.24) is 4.57 Å². The number of imidazole rings is 1. The Kier molecular flexibility index (Phi) is 21.5. The van der Waals surface area contributed by atoms with Crippen molar-refractivity contribution < 1.29 is 4.57 Å². The van der Waals surface area contributed by atoms with Gasteiger partial charge in [0, 0.05) is 0 Å². The molecule has 0 aromatic carbocycles. The molecule has 0 N–H and O–H groups in total. The summed E-state index contributed by atoms with van der Waals surface area (Å²) in [4.78, 5) is 0. The Morgan fingerprint density at radius 3 is 1.36 bits per heavy atom. The zero-order valence-electron chi connectivity index (χ0n) is 25.7. The average Bonchev–Trinajstić information content (AvgIpc) is 3.30. The standard InChI is InChI=1S/C34H67N2/c1-6-8-10-12-14-16-17-18-19-20-22-24-26-28-33(5)36-31-30-35(34(36)32(3)4)29-27-25-23-21-15-13-11-9-7-2/h30-33H,6-29H2,1-5H3/q+1. The molecule has 1 heterocycles. The van der Waals surface area contributed by atoms with Crippen LogP contribution in [0.4, 0.5) is 0 Å². The van der Waals surface area contributed by atoms with Crippen molar-refractivity contribution in [3.8, 4) is 0 Å². The van der Waals surface area contributed by atoms with Crippen LogP contribution in [0.3, 0.4) is 0 Å². The second-order valence-corrected chi connectivity index (χ2v) is 12.1. The van der Waals surface area contributed by atoms with E-state index in [4.69, 9.17) is 0 Å². The fourth-order valence-electron chi connectivity index (χ4n) is 5.83. The van der Waals surface area contributed by atoms with Crippen LogP contribution >= 0.6 is 0 Å². The molecule has 0 spiro atoms. The van der Waals surface area contributed by atoms with Crippen LogP contribution in [-0.2, 0) is 6.54 Å². The monoisotopic (exact) mass is 504 g/mol. The van der Waals surface area contributed by atoms with Crippen molar-refractivity contribution in [2.24, 2.45) is 0 Å². The highest BCUT2D eigenvalue weighted by molar-refractivity contribution is 4.92. The van der Waals surface area contributed by atoms with Crippen molar-refractivity contribution >= 4 is 0 Å². The molecule has 0 saturated carbocycles. The number of hydrogen-bond donors (Lipinski definition) is 0. The van der Waals surface area contributed by atoms with Gasteiger partial charge < -0.3 is 0 Å². The van der Waals surface area contributed by atoms with Gasteiger partial charge in [0.05, 0.1) is 18.5 Å². The van der Waals surface area contributed by atoms with E-state index in [1.165, 1.54) is 160 Å². The first-order valence-corrected chi connectivity index (χ1v) is 16.7. The summed E-state index contributed by atoms with van der Waals surface area (Å²) in [7, 11) is 0. The lowest BCUT2D eigenvalue weighted by atomic mass is 10.0. The maximum absolute atomic E-state index is 2.60. The summed E-state index contributed by atoms with van der Waals surface area (Å²) in [6, 6.07) is 0.625. The minimum absolute atomic E-state index is 0.590. The first kappa shape index (κ1) is 33.2. The fraction of sp³-hybridized carbons (Fsp3) is 0.912. The lowest BCUT2D eigenvalue weighted by Gasteiger charge is -2.14. The molecule has 0 amide bonds. The molecule has 1 atom stereocenters. The molecule has 0 aliphatic heterocycles. The number of hydrogen-bond acceptors (Lipinski definition) is 0. The number of aromatic nitrogens is 2. The van der Waals surface area contributed by atoms with Crippen molar-refractivity contribution in [2.45, 2.75) is 201 Å². The largest absolute Gasteiger partial charge is 0.259 e. The number of rotatable bonds is 26. The predicted molar refractivity (Wildman–Crippen MR) is 161 cm³/mol. The Bertz CT molecular complexity index is 588. The Morgan fingerprint density at radius 1 is 0.556 bits per heavy atom. The smallest absolute Gasteiger partial charge is 0.234 e. The van der Waals surface area contributed by atoms with Crippen molar-refractivity contribution in [3.63, 3.8) is 0 Å². The van der Waals surface area contributed by atoms with E-state index in [9.17, 15) is 0 Å². The molecule has 2 nitrogen and oxygen atoms in total. The second-order valence-electron chi connectivity index (χ2n) is 12.1. The van der Waals surface area contributed by atoms with Crippen LogP contribution in [0.5, 0.6) is 0 Å². The molecule has 0 aliphatic rings. The molecule has 2 heteroatoms. The number of unbranched alkanes of at least 4 members (excludes halogenated alkanes) is 20. The van der Waals surface area contributed by atoms with Crippen LogP contribution in [0.1, 0.15) is 200 Å². The van der Waals surface area contributed by atoms with Gasteiger partial charge in [0.2, 0.25) is 0 Å². The molecule has 1 aromatic rings. The first-order valence-electron chi connectivity index (χ1n) is 16.7. The number of aryl methyl sites for hydroxylation is 1. The minimum Gasteiger partial charge on any atom is -0.234 e. The van der Waals surface area contributed by atoms with Crippen molar-refractivity contribution in [2.75, 3.05) is 0 Å². The Morgan fingerprint density at radius 2 is 0.944 bits per heavy atom. The molecule has 0 saturated heterocycles. The average molecular weight is 504 g/mol. The summed E-state index contributed by atoms with van der Waals surface area (Å²) < 4.78 is 5.16. The molecule has 1 unspecified atom stereocenters. The van der Waals surface area contributed by atoms with Gasteiger partial charge in [0.25, 0.3) is 5.82 Å². The third-order valence-corrected chi connectivity index (χ3v) is 8.19. The molecular formula is C34H67N2+. The maximum Gasteiger partial charge on any atom is 0.259 e. The summed E-state index contributed by atoms with van der Waals surface area (Å²) >= 11 is 0. The second kappa shape index (κ2) is 23.3. The molecule has 0 aliphatic carbocycles. The van der Waals surface area contributed by atoms with E-state index in [1.807, 2.05) is 0 Å². The Balaban J connectivity index is 2.16. The van der Waals surface area contributed by atoms with E-state index in [-0.39, 0.29) is 0 Å². The summed E-state index contributed by atoms with van der Waals surface area (Å²) in [5, 5.41) is 0. The lowest BCUT2D eigenvalue weighted by Crippen LogP contribution is -2.38. The molecule has 1 rings (SSSR count). The van der Waals surface area contributed by atoms with Crippen LogP contribution < -0.4 is 4.57 Å². The van der Waals surface area contributed by atoms with Crippen LogP contribution in [-0.4, -0.2) is 4.57 Å². The van der Waals surface area contributed by atoms with E-state index < -0.39 is 0 Å². The zero-order valence-corrected chi connectivity index (χ0v) is 25.7. The Labute approximate surface area is 228 Å².